The third kappa shape index (κ3) is 3.61. The number of rotatable bonds is 4. The van der Waals surface area contributed by atoms with E-state index in [1.165, 1.54) is 10.9 Å². The molecule has 0 radical (unpaired) electrons. The number of hydrogen-bond donors (Lipinski definition) is 1. The van der Waals surface area contributed by atoms with Crippen LogP contribution < -0.4 is 4.74 Å². The Morgan fingerprint density at radius 3 is 2.71 bits per heavy atom. The summed E-state index contributed by atoms with van der Waals surface area (Å²) in [5.41, 5.74) is 3.03. The van der Waals surface area contributed by atoms with E-state index < -0.39 is 0 Å². The van der Waals surface area contributed by atoms with Gasteiger partial charge in [0, 0.05) is 35.1 Å². The van der Waals surface area contributed by atoms with E-state index in [9.17, 15) is 4.79 Å². The van der Waals surface area contributed by atoms with Crippen molar-refractivity contribution in [3.05, 3.63) is 58.7 Å². The van der Waals surface area contributed by atoms with Gasteiger partial charge in [-0.2, -0.15) is 0 Å². The van der Waals surface area contributed by atoms with Crippen molar-refractivity contribution in [2.75, 3.05) is 26.5 Å². The number of aromatic amines is 1. The molecule has 2 heterocycles. The van der Waals surface area contributed by atoms with E-state index in [-0.39, 0.29) is 5.91 Å². The number of amides is 1. The highest BCUT2D eigenvalue weighted by molar-refractivity contribution is 7.98. The normalized spacial score (nSPS) is 15.2. The molecule has 0 spiro atoms. The highest BCUT2D eigenvalue weighted by atomic mass is 35.5. The van der Waals surface area contributed by atoms with Crippen molar-refractivity contribution in [1.82, 2.24) is 9.88 Å². The minimum Gasteiger partial charge on any atom is -0.497 e. The fourth-order valence-corrected chi connectivity index (χ4v) is 4.58. The number of thioether (sulfide) groups is 1. The van der Waals surface area contributed by atoms with Gasteiger partial charge in [0.25, 0.3) is 5.91 Å². The third-order valence-electron chi connectivity index (χ3n) is 5.55. The van der Waals surface area contributed by atoms with Gasteiger partial charge in [-0.05, 0) is 67.0 Å². The van der Waals surface area contributed by atoms with Gasteiger partial charge in [0.15, 0.2) is 0 Å². The SMILES string of the molecule is COc1ccc2[nH]cc(C3CCN(C(=O)c4cc(SC)ccc4Cl)CC3)c2c1. The van der Waals surface area contributed by atoms with Crippen molar-refractivity contribution >= 4 is 40.2 Å². The number of carbonyl (C=O) groups is 1. The summed E-state index contributed by atoms with van der Waals surface area (Å²) in [4.78, 5) is 19.3. The van der Waals surface area contributed by atoms with Crippen LogP contribution in [0.1, 0.15) is 34.7 Å². The molecule has 1 aliphatic rings. The summed E-state index contributed by atoms with van der Waals surface area (Å²) in [7, 11) is 1.69. The average Bonchev–Trinajstić information content (AvgIpc) is 3.17. The highest BCUT2D eigenvalue weighted by Crippen LogP contribution is 2.35. The summed E-state index contributed by atoms with van der Waals surface area (Å²) in [5.74, 6) is 1.32. The maximum atomic E-state index is 13.0. The average molecular weight is 415 g/mol. The monoisotopic (exact) mass is 414 g/mol. The third-order valence-corrected chi connectivity index (χ3v) is 6.60. The number of benzene rings is 2. The van der Waals surface area contributed by atoms with Gasteiger partial charge >= 0.3 is 0 Å². The molecule has 6 heteroatoms. The van der Waals surface area contributed by atoms with Gasteiger partial charge in [0.2, 0.25) is 0 Å². The molecule has 4 nitrogen and oxygen atoms in total. The lowest BCUT2D eigenvalue weighted by Gasteiger charge is -2.32. The molecule has 28 heavy (non-hydrogen) atoms. The van der Waals surface area contributed by atoms with E-state index in [0.29, 0.717) is 16.5 Å². The van der Waals surface area contributed by atoms with Crippen LogP contribution in [0.2, 0.25) is 5.02 Å². The van der Waals surface area contributed by atoms with Crippen LogP contribution >= 0.6 is 23.4 Å². The smallest absolute Gasteiger partial charge is 0.255 e. The van der Waals surface area contributed by atoms with Gasteiger partial charge in [0.1, 0.15) is 5.75 Å². The molecule has 1 aliphatic heterocycles. The van der Waals surface area contributed by atoms with Crippen LogP contribution in [0.4, 0.5) is 0 Å². The van der Waals surface area contributed by atoms with Gasteiger partial charge in [-0.15, -0.1) is 11.8 Å². The van der Waals surface area contributed by atoms with Crippen LogP contribution in [0, 0.1) is 0 Å². The predicted molar refractivity (Wildman–Crippen MR) is 116 cm³/mol. The number of piperidine rings is 1. The quantitative estimate of drug-likeness (QED) is 0.567. The first-order valence-electron chi connectivity index (χ1n) is 9.38. The van der Waals surface area contributed by atoms with Crippen molar-refractivity contribution in [2.24, 2.45) is 0 Å². The lowest BCUT2D eigenvalue weighted by molar-refractivity contribution is 0.0713. The minimum absolute atomic E-state index is 0.0277. The molecule has 1 amide bonds. The van der Waals surface area contributed by atoms with Crippen LogP contribution in [-0.4, -0.2) is 42.2 Å². The topological polar surface area (TPSA) is 45.3 Å². The highest BCUT2D eigenvalue weighted by Gasteiger charge is 2.27. The molecule has 1 saturated heterocycles. The number of H-pyrrole nitrogens is 1. The summed E-state index contributed by atoms with van der Waals surface area (Å²) in [6.45, 7) is 1.47. The molecule has 3 aromatic rings. The molecule has 0 aliphatic carbocycles. The number of fused-ring (bicyclic) bond motifs is 1. The van der Waals surface area contributed by atoms with Crippen molar-refractivity contribution in [3.63, 3.8) is 0 Å². The zero-order valence-electron chi connectivity index (χ0n) is 16.0. The van der Waals surface area contributed by atoms with Crippen LogP contribution in [0.15, 0.2) is 47.5 Å². The first-order chi connectivity index (χ1) is 13.6. The minimum atomic E-state index is 0.0277. The van der Waals surface area contributed by atoms with Crippen molar-refractivity contribution < 1.29 is 9.53 Å². The number of carbonyl (C=O) groups excluding carboxylic acids is 1. The van der Waals surface area contributed by atoms with E-state index in [0.717, 1.165) is 42.1 Å². The summed E-state index contributed by atoms with van der Waals surface area (Å²) in [6, 6.07) is 11.8. The number of aromatic nitrogens is 1. The van der Waals surface area contributed by atoms with Gasteiger partial charge in [-0.3, -0.25) is 4.79 Å². The maximum absolute atomic E-state index is 13.0. The molecule has 0 unspecified atom stereocenters. The Balaban J connectivity index is 1.50. The van der Waals surface area contributed by atoms with Gasteiger partial charge in [-0.25, -0.2) is 0 Å². The summed E-state index contributed by atoms with van der Waals surface area (Å²) < 4.78 is 5.38. The zero-order chi connectivity index (χ0) is 19.7. The van der Waals surface area contributed by atoms with Crippen LogP contribution in [0.5, 0.6) is 5.75 Å². The molecule has 0 saturated carbocycles. The fraction of sp³-hybridized carbons (Fsp3) is 0.318. The predicted octanol–water partition coefficient (Wildman–Crippen LogP) is 5.57. The maximum Gasteiger partial charge on any atom is 0.255 e. The number of methoxy groups -OCH3 is 1. The van der Waals surface area contributed by atoms with Gasteiger partial charge in [-0.1, -0.05) is 11.6 Å². The molecule has 2 aromatic carbocycles. The molecule has 4 rings (SSSR count). The number of nitrogens with zero attached hydrogens (tertiary/aromatic N) is 1. The summed E-state index contributed by atoms with van der Waals surface area (Å²) >= 11 is 7.91. The number of ether oxygens (including phenoxy) is 1. The van der Waals surface area contributed by atoms with E-state index in [2.05, 4.69) is 23.3 Å². The van der Waals surface area contributed by atoms with Gasteiger partial charge in [0.05, 0.1) is 17.7 Å². The number of likely N-dealkylation sites (tertiary alicyclic amines) is 1. The lowest BCUT2D eigenvalue weighted by Crippen LogP contribution is -2.38. The van der Waals surface area contributed by atoms with E-state index >= 15 is 0 Å². The number of halogens is 1. The molecular weight excluding hydrogens is 392 g/mol. The van der Waals surface area contributed by atoms with E-state index in [4.69, 9.17) is 16.3 Å². The molecule has 0 atom stereocenters. The Bertz CT molecular complexity index is 1010. The van der Waals surface area contributed by atoms with Crippen molar-refractivity contribution in [2.45, 2.75) is 23.7 Å². The molecule has 146 valence electrons. The second-order valence-corrected chi connectivity index (χ2v) is 8.35. The Morgan fingerprint density at radius 2 is 2.00 bits per heavy atom. The van der Waals surface area contributed by atoms with Crippen LogP contribution in [0.3, 0.4) is 0 Å². The Labute approximate surface area is 174 Å². The lowest BCUT2D eigenvalue weighted by atomic mass is 9.89. The zero-order valence-corrected chi connectivity index (χ0v) is 17.6. The van der Waals surface area contributed by atoms with Gasteiger partial charge < -0.3 is 14.6 Å². The number of hydrogen-bond acceptors (Lipinski definition) is 3. The number of nitrogens with one attached hydrogen (secondary N) is 1. The molecule has 1 fully saturated rings. The molecule has 1 N–H and O–H groups in total. The summed E-state index contributed by atoms with van der Waals surface area (Å²) in [5, 5.41) is 1.73. The van der Waals surface area contributed by atoms with E-state index in [1.54, 1.807) is 18.9 Å². The summed E-state index contributed by atoms with van der Waals surface area (Å²) in [6.07, 6.45) is 5.98. The van der Waals surface area contributed by atoms with Crippen LogP contribution in [-0.2, 0) is 0 Å². The van der Waals surface area contributed by atoms with E-state index in [1.807, 2.05) is 35.4 Å². The van der Waals surface area contributed by atoms with Crippen molar-refractivity contribution in [3.8, 4) is 5.75 Å². The Kier molecular flexibility index (Phi) is 5.56. The Hall–Kier alpha value is -2.11. The molecule has 0 bridgehead atoms. The largest absolute Gasteiger partial charge is 0.497 e. The molecule has 1 aromatic heterocycles. The van der Waals surface area contributed by atoms with Crippen molar-refractivity contribution in [1.29, 1.82) is 0 Å². The molecular formula is C22H23ClN2O2S. The first-order valence-corrected chi connectivity index (χ1v) is 11.0. The first kappa shape index (κ1) is 19.2. The Morgan fingerprint density at radius 1 is 1.21 bits per heavy atom. The second kappa shape index (κ2) is 8.10. The van der Waals surface area contributed by atoms with Crippen LogP contribution in [0.25, 0.3) is 10.9 Å². The fourth-order valence-electron chi connectivity index (χ4n) is 3.95. The standard InChI is InChI=1S/C22H23ClN2O2S/c1-27-15-3-6-21-17(11-15)19(13-24-21)14-7-9-25(10-8-14)22(26)18-12-16(28-2)4-5-20(18)23/h3-6,11-14,24H,7-10H2,1-2H3. The second-order valence-electron chi connectivity index (χ2n) is 7.07.